The van der Waals surface area contributed by atoms with Crippen LogP contribution in [0.25, 0.3) is 0 Å². The van der Waals surface area contributed by atoms with Gasteiger partial charge in [0.15, 0.2) is 0 Å². The van der Waals surface area contributed by atoms with E-state index in [1.807, 2.05) is 0 Å². The minimum absolute atomic E-state index is 0.200. The van der Waals surface area contributed by atoms with Crippen molar-refractivity contribution in [3.8, 4) is 0 Å². The fraction of sp³-hybridized carbons (Fsp3) is 0.538. The Morgan fingerprint density at radius 2 is 1.82 bits per heavy atom. The van der Waals surface area contributed by atoms with Gasteiger partial charge in [-0.3, -0.25) is 0 Å². The minimum Gasteiger partial charge on any atom is -0.393 e. The van der Waals surface area contributed by atoms with Crippen LogP contribution in [0.2, 0.25) is 0 Å². The molecule has 0 amide bonds. The van der Waals surface area contributed by atoms with Crippen LogP contribution in [0, 0.1) is 5.82 Å². The Bertz CT molecular complexity index is 347. The third-order valence-electron chi connectivity index (χ3n) is 3.24. The summed E-state index contributed by atoms with van der Waals surface area (Å²) in [6, 6.07) is 5.94. The van der Waals surface area contributed by atoms with E-state index < -0.39 is 6.10 Å². The Balaban J connectivity index is 1.88. The second kappa shape index (κ2) is 5.58. The number of β-amino-alcohol motifs (C(OH)–C–C–N with tert-alkyl or cyclic N) is 1. The second-order valence-corrected chi connectivity index (χ2v) is 4.60. The molecule has 1 unspecified atom stereocenters. The number of halogens is 1. The highest BCUT2D eigenvalue weighted by molar-refractivity contribution is 5.18. The van der Waals surface area contributed by atoms with E-state index in [4.69, 9.17) is 0 Å². The molecule has 1 fully saturated rings. The first kappa shape index (κ1) is 12.5. The molecule has 94 valence electrons. The summed E-state index contributed by atoms with van der Waals surface area (Å²) in [5.41, 5.74) is 0.734. The molecule has 0 aromatic heterocycles. The van der Waals surface area contributed by atoms with Crippen LogP contribution in [-0.2, 0) is 0 Å². The van der Waals surface area contributed by atoms with E-state index >= 15 is 0 Å². The lowest BCUT2D eigenvalue weighted by Gasteiger charge is -2.31. The van der Waals surface area contributed by atoms with Crippen LogP contribution < -0.4 is 0 Å². The van der Waals surface area contributed by atoms with Crippen LogP contribution in [0.3, 0.4) is 0 Å². The first-order valence-corrected chi connectivity index (χ1v) is 5.99. The van der Waals surface area contributed by atoms with E-state index in [0.717, 1.165) is 31.5 Å². The molecule has 1 aromatic rings. The summed E-state index contributed by atoms with van der Waals surface area (Å²) in [5, 5.41) is 19.4. The standard InChI is InChI=1S/C13H18FNO2/c14-11-3-1-10(2-4-11)13(17)9-15-7-5-12(16)6-8-15/h1-4,12-13,16-17H,5-9H2. The first-order valence-electron chi connectivity index (χ1n) is 5.99. The van der Waals surface area contributed by atoms with Crippen molar-refractivity contribution in [3.63, 3.8) is 0 Å². The summed E-state index contributed by atoms with van der Waals surface area (Å²) in [6.07, 6.45) is 0.729. The fourth-order valence-corrected chi connectivity index (χ4v) is 2.14. The summed E-state index contributed by atoms with van der Waals surface area (Å²) in [5.74, 6) is -0.290. The zero-order chi connectivity index (χ0) is 12.3. The van der Waals surface area contributed by atoms with Gasteiger partial charge in [0, 0.05) is 19.6 Å². The molecule has 2 rings (SSSR count). The molecule has 3 nitrogen and oxygen atoms in total. The molecule has 1 saturated heterocycles. The summed E-state index contributed by atoms with van der Waals surface area (Å²) in [4.78, 5) is 2.13. The SMILES string of the molecule is OC1CCN(CC(O)c2ccc(F)cc2)CC1. The normalized spacial score (nSPS) is 20.4. The minimum atomic E-state index is -0.592. The molecule has 0 bridgehead atoms. The van der Waals surface area contributed by atoms with Crippen LogP contribution in [0.15, 0.2) is 24.3 Å². The van der Waals surface area contributed by atoms with Crippen molar-refractivity contribution < 1.29 is 14.6 Å². The molecule has 0 spiro atoms. The number of rotatable bonds is 3. The number of piperidine rings is 1. The molecule has 0 radical (unpaired) electrons. The highest BCUT2D eigenvalue weighted by atomic mass is 19.1. The number of nitrogens with zero attached hydrogens (tertiary/aromatic N) is 1. The monoisotopic (exact) mass is 239 g/mol. The van der Waals surface area contributed by atoms with Gasteiger partial charge in [-0.05, 0) is 30.5 Å². The van der Waals surface area contributed by atoms with Gasteiger partial charge in [-0.2, -0.15) is 0 Å². The smallest absolute Gasteiger partial charge is 0.123 e. The molecule has 0 saturated carbocycles. The Morgan fingerprint density at radius 1 is 1.24 bits per heavy atom. The van der Waals surface area contributed by atoms with Gasteiger partial charge in [0.25, 0.3) is 0 Å². The Hall–Kier alpha value is -0.970. The molecule has 1 heterocycles. The van der Waals surface area contributed by atoms with Gasteiger partial charge in [-0.1, -0.05) is 12.1 Å². The number of benzene rings is 1. The number of aliphatic hydroxyl groups is 2. The maximum absolute atomic E-state index is 12.7. The molecular weight excluding hydrogens is 221 g/mol. The molecule has 4 heteroatoms. The predicted molar refractivity (Wildman–Crippen MR) is 63.0 cm³/mol. The molecular formula is C13H18FNO2. The van der Waals surface area contributed by atoms with E-state index in [0.29, 0.717) is 6.54 Å². The molecule has 1 atom stereocenters. The van der Waals surface area contributed by atoms with E-state index in [1.54, 1.807) is 12.1 Å². The molecule has 2 N–H and O–H groups in total. The first-order chi connectivity index (χ1) is 8.15. The average molecular weight is 239 g/mol. The topological polar surface area (TPSA) is 43.7 Å². The van der Waals surface area contributed by atoms with Gasteiger partial charge in [-0.25, -0.2) is 4.39 Å². The lowest BCUT2D eigenvalue weighted by molar-refractivity contribution is 0.0508. The lowest BCUT2D eigenvalue weighted by atomic mass is 10.1. The number of hydrogen-bond donors (Lipinski definition) is 2. The number of hydrogen-bond acceptors (Lipinski definition) is 3. The molecule has 0 aliphatic carbocycles. The quantitative estimate of drug-likeness (QED) is 0.836. The summed E-state index contributed by atoms with van der Waals surface area (Å²) in [6.45, 7) is 2.15. The summed E-state index contributed by atoms with van der Waals surface area (Å²) >= 11 is 0. The number of likely N-dealkylation sites (tertiary alicyclic amines) is 1. The molecule has 17 heavy (non-hydrogen) atoms. The lowest BCUT2D eigenvalue weighted by Crippen LogP contribution is -2.38. The zero-order valence-electron chi connectivity index (χ0n) is 9.72. The second-order valence-electron chi connectivity index (χ2n) is 4.60. The van der Waals surface area contributed by atoms with Gasteiger partial charge in [0.05, 0.1) is 12.2 Å². The van der Waals surface area contributed by atoms with Gasteiger partial charge in [-0.15, -0.1) is 0 Å². The van der Waals surface area contributed by atoms with E-state index in [2.05, 4.69) is 4.90 Å². The maximum atomic E-state index is 12.7. The van der Waals surface area contributed by atoms with Crippen molar-refractivity contribution in [2.75, 3.05) is 19.6 Å². The van der Waals surface area contributed by atoms with Crippen molar-refractivity contribution >= 4 is 0 Å². The maximum Gasteiger partial charge on any atom is 0.123 e. The third kappa shape index (κ3) is 3.49. The summed E-state index contributed by atoms with van der Waals surface area (Å²) < 4.78 is 12.7. The molecule has 1 aliphatic heterocycles. The van der Waals surface area contributed by atoms with Crippen molar-refractivity contribution in [3.05, 3.63) is 35.6 Å². The van der Waals surface area contributed by atoms with Crippen molar-refractivity contribution in [1.29, 1.82) is 0 Å². The average Bonchev–Trinajstić information content (AvgIpc) is 2.33. The largest absolute Gasteiger partial charge is 0.393 e. The molecule has 1 aromatic carbocycles. The van der Waals surface area contributed by atoms with Crippen LogP contribution in [0.4, 0.5) is 4.39 Å². The Kier molecular flexibility index (Phi) is 4.10. The Morgan fingerprint density at radius 3 is 2.41 bits per heavy atom. The van der Waals surface area contributed by atoms with Crippen LogP contribution in [-0.4, -0.2) is 40.9 Å². The highest BCUT2D eigenvalue weighted by Crippen LogP contribution is 2.17. The predicted octanol–water partition coefficient (Wildman–Crippen LogP) is 1.32. The van der Waals surface area contributed by atoms with E-state index in [1.165, 1.54) is 12.1 Å². The van der Waals surface area contributed by atoms with Crippen molar-refractivity contribution in [2.24, 2.45) is 0 Å². The van der Waals surface area contributed by atoms with Gasteiger partial charge >= 0.3 is 0 Å². The fourth-order valence-electron chi connectivity index (χ4n) is 2.14. The van der Waals surface area contributed by atoms with Crippen LogP contribution in [0.1, 0.15) is 24.5 Å². The van der Waals surface area contributed by atoms with E-state index in [-0.39, 0.29) is 11.9 Å². The highest BCUT2D eigenvalue weighted by Gasteiger charge is 2.19. The van der Waals surface area contributed by atoms with E-state index in [9.17, 15) is 14.6 Å². The van der Waals surface area contributed by atoms with Crippen molar-refractivity contribution in [1.82, 2.24) is 4.90 Å². The van der Waals surface area contributed by atoms with Crippen molar-refractivity contribution in [2.45, 2.75) is 25.0 Å². The van der Waals surface area contributed by atoms with Gasteiger partial charge in [0.1, 0.15) is 5.82 Å². The number of aliphatic hydroxyl groups excluding tert-OH is 2. The van der Waals surface area contributed by atoms with Gasteiger partial charge < -0.3 is 15.1 Å². The van der Waals surface area contributed by atoms with Gasteiger partial charge in [0.2, 0.25) is 0 Å². The van der Waals surface area contributed by atoms with Crippen LogP contribution >= 0.6 is 0 Å². The Labute approximate surface area is 100 Å². The zero-order valence-corrected chi connectivity index (χ0v) is 9.72. The summed E-state index contributed by atoms with van der Waals surface area (Å²) in [7, 11) is 0. The molecule has 1 aliphatic rings. The van der Waals surface area contributed by atoms with Crippen LogP contribution in [0.5, 0.6) is 0 Å². The third-order valence-corrected chi connectivity index (χ3v) is 3.24.